The van der Waals surface area contributed by atoms with Crippen LogP contribution in [0.4, 0.5) is 5.82 Å². The second-order valence-corrected chi connectivity index (χ2v) is 6.19. The normalized spacial score (nSPS) is 14.6. The third-order valence-electron chi connectivity index (χ3n) is 3.60. The number of hydrogen-bond acceptors (Lipinski definition) is 3. The zero-order valence-electron chi connectivity index (χ0n) is 11.3. The molecule has 4 heteroatoms. The molecule has 100 valence electrons. The molecule has 0 saturated heterocycles. The molecule has 0 fully saturated rings. The first kappa shape index (κ1) is 13.6. The Kier molecular flexibility index (Phi) is 4.44. The number of anilines is 1. The van der Waals surface area contributed by atoms with Crippen LogP contribution in [0.25, 0.3) is 0 Å². The molecule has 0 amide bonds. The van der Waals surface area contributed by atoms with Crippen molar-refractivity contribution < 1.29 is 0 Å². The molecule has 0 bridgehead atoms. The van der Waals surface area contributed by atoms with Crippen molar-refractivity contribution in [2.45, 2.75) is 46.0 Å². The third kappa shape index (κ3) is 3.35. The summed E-state index contributed by atoms with van der Waals surface area (Å²) in [5, 5.41) is 3.50. The highest BCUT2D eigenvalue weighted by molar-refractivity contribution is 6.17. The molecular weight excluding hydrogens is 246 g/mol. The van der Waals surface area contributed by atoms with Crippen molar-refractivity contribution in [3.05, 3.63) is 17.6 Å². The number of aromatic nitrogens is 2. The molecule has 1 N–H and O–H groups in total. The van der Waals surface area contributed by atoms with Gasteiger partial charge in [0.05, 0.1) is 0 Å². The van der Waals surface area contributed by atoms with Gasteiger partial charge in [0.1, 0.15) is 12.1 Å². The van der Waals surface area contributed by atoms with E-state index >= 15 is 0 Å². The lowest BCUT2D eigenvalue weighted by atomic mass is 9.88. The van der Waals surface area contributed by atoms with Crippen molar-refractivity contribution in [1.29, 1.82) is 0 Å². The van der Waals surface area contributed by atoms with Crippen LogP contribution < -0.4 is 5.32 Å². The zero-order chi connectivity index (χ0) is 13.0. The van der Waals surface area contributed by atoms with E-state index in [1.807, 2.05) is 0 Å². The second-order valence-electron chi connectivity index (χ2n) is 5.81. The molecule has 0 saturated carbocycles. The van der Waals surface area contributed by atoms with Crippen molar-refractivity contribution >= 4 is 17.4 Å². The molecule has 0 atom stereocenters. The maximum absolute atomic E-state index is 5.76. The summed E-state index contributed by atoms with van der Waals surface area (Å²) in [7, 11) is 0. The van der Waals surface area contributed by atoms with Crippen LogP contribution >= 0.6 is 11.6 Å². The molecule has 0 radical (unpaired) electrons. The molecular formula is C14H22ClN3. The molecule has 1 heterocycles. The topological polar surface area (TPSA) is 37.8 Å². The fourth-order valence-corrected chi connectivity index (χ4v) is 2.60. The van der Waals surface area contributed by atoms with E-state index in [1.165, 1.54) is 17.7 Å². The average Bonchev–Trinajstić information content (AvgIpc) is 2.82. The van der Waals surface area contributed by atoms with E-state index < -0.39 is 0 Å². The Morgan fingerprint density at radius 3 is 2.94 bits per heavy atom. The van der Waals surface area contributed by atoms with Gasteiger partial charge in [-0.1, -0.05) is 13.8 Å². The highest BCUT2D eigenvalue weighted by atomic mass is 35.5. The number of hydrogen-bond donors (Lipinski definition) is 1. The van der Waals surface area contributed by atoms with Gasteiger partial charge in [-0.15, -0.1) is 11.6 Å². The van der Waals surface area contributed by atoms with E-state index in [1.54, 1.807) is 6.33 Å². The number of nitrogens with zero attached hydrogens (tertiary/aromatic N) is 2. The summed E-state index contributed by atoms with van der Waals surface area (Å²) in [5.74, 6) is 1.78. The SMILES string of the molecule is CC(C)(CCCCl)CNc1ncnc2c1CCC2. The minimum absolute atomic E-state index is 0.255. The van der Waals surface area contributed by atoms with E-state index in [4.69, 9.17) is 11.6 Å². The first-order chi connectivity index (χ1) is 8.62. The number of rotatable bonds is 6. The first-order valence-electron chi connectivity index (χ1n) is 6.75. The molecule has 0 aromatic carbocycles. The van der Waals surface area contributed by atoms with Crippen LogP contribution in [0.2, 0.25) is 0 Å². The van der Waals surface area contributed by atoms with Crippen molar-refractivity contribution in [2.24, 2.45) is 5.41 Å². The van der Waals surface area contributed by atoms with Gasteiger partial charge in [-0.3, -0.25) is 0 Å². The largest absolute Gasteiger partial charge is 0.369 e. The van der Waals surface area contributed by atoms with Crippen molar-refractivity contribution in [2.75, 3.05) is 17.7 Å². The smallest absolute Gasteiger partial charge is 0.132 e. The minimum atomic E-state index is 0.255. The van der Waals surface area contributed by atoms with E-state index in [-0.39, 0.29) is 5.41 Å². The molecule has 2 rings (SSSR count). The van der Waals surface area contributed by atoms with Crippen molar-refractivity contribution in [3.63, 3.8) is 0 Å². The van der Waals surface area contributed by atoms with Gasteiger partial charge in [-0.05, 0) is 37.5 Å². The Morgan fingerprint density at radius 1 is 1.33 bits per heavy atom. The van der Waals surface area contributed by atoms with Gasteiger partial charge in [0.25, 0.3) is 0 Å². The van der Waals surface area contributed by atoms with Gasteiger partial charge in [-0.2, -0.15) is 0 Å². The van der Waals surface area contributed by atoms with E-state index in [0.717, 1.165) is 43.9 Å². The quantitative estimate of drug-likeness (QED) is 0.803. The molecule has 1 aliphatic carbocycles. The Labute approximate surface area is 114 Å². The van der Waals surface area contributed by atoms with Gasteiger partial charge < -0.3 is 5.32 Å². The van der Waals surface area contributed by atoms with Crippen LogP contribution in [-0.4, -0.2) is 22.4 Å². The van der Waals surface area contributed by atoms with Crippen LogP contribution in [0.5, 0.6) is 0 Å². The second kappa shape index (κ2) is 5.87. The van der Waals surface area contributed by atoms with Gasteiger partial charge in [0.15, 0.2) is 0 Å². The number of alkyl halides is 1. The van der Waals surface area contributed by atoms with Gasteiger partial charge in [0.2, 0.25) is 0 Å². The monoisotopic (exact) mass is 267 g/mol. The number of fused-ring (bicyclic) bond motifs is 1. The Morgan fingerprint density at radius 2 is 2.17 bits per heavy atom. The van der Waals surface area contributed by atoms with Crippen molar-refractivity contribution in [1.82, 2.24) is 9.97 Å². The third-order valence-corrected chi connectivity index (χ3v) is 3.86. The summed E-state index contributed by atoms with van der Waals surface area (Å²) in [6.07, 6.45) is 7.30. The van der Waals surface area contributed by atoms with E-state index in [2.05, 4.69) is 29.1 Å². The lowest BCUT2D eigenvalue weighted by Gasteiger charge is -2.25. The fraction of sp³-hybridized carbons (Fsp3) is 0.714. The van der Waals surface area contributed by atoms with Crippen molar-refractivity contribution in [3.8, 4) is 0 Å². The van der Waals surface area contributed by atoms with Crippen LogP contribution in [0, 0.1) is 5.41 Å². The summed E-state index contributed by atoms with van der Waals surface area (Å²) in [5.41, 5.74) is 2.81. The van der Waals surface area contributed by atoms with Crippen LogP contribution in [0.1, 0.15) is 44.4 Å². The van der Waals surface area contributed by atoms with Gasteiger partial charge in [0, 0.05) is 23.7 Å². The molecule has 0 unspecified atom stereocenters. The van der Waals surface area contributed by atoms with E-state index in [9.17, 15) is 0 Å². The molecule has 3 nitrogen and oxygen atoms in total. The van der Waals surface area contributed by atoms with Crippen LogP contribution in [-0.2, 0) is 12.8 Å². The molecule has 1 aliphatic rings. The Hall–Kier alpha value is -0.830. The Bertz CT molecular complexity index is 404. The molecule has 1 aromatic rings. The minimum Gasteiger partial charge on any atom is -0.369 e. The van der Waals surface area contributed by atoms with Crippen LogP contribution in [0.3, 0.4) is 0 Å². The molecule has 0 aliphatic heterocycles. The fourth-order valence-electron chi connectivity index (χ4n) is 2.47. The van der Waals surface area contributed by atoms with Gasteiger partial charge >= 0.3 is 0 Å². The Balaban J connectivity index is 1.96. The molecule has 0 spiro atoms. The summed E-state index contributed by atoms with van der Waals surface area (Å²) in [4.78, 5) is 8.73. The standard InChI is InChI=1S/C14H22ClN3/c1-14(2,7-4-8-15)9-16-13-11-5-3-6-12(11)17-10-18-13/h10H,3-9H2,1-2H3,(H,16,17,18). The summed E-state index contributed by atoms with van der Waals surface area (Å²) < 4.78 is 0. The lowest BCUT2D eigenvalue weighted by molar-refractivity contribution is 0.355. The predicted molar refractivity (Wildman–Crippen MR) is 76.3 cm³/mol. The maximum atomic E-state index is 5.76. The molecule has 1 aromatic heterocycles. The summed E-state index contributed by atoms with van der Waals surface area (Å²) in [6.45, 7) is 5.48. The summed E-state index contributed by atoms with van der Waals surface area (Å²) >= 11 is 5.76. The summed E-state index contributed by atoms with van der Waals surface area (Å²) in [6, 6.07) is 0. The number of aryl methyl sites for hydroxylation is 1. The predicted octanol–water partition coefficient (Wildman–Crippen LogP) is 3.42. The average molecular weight is 268 g/mol. The maximum Gasteiger partial charge on any atom is 0.132 e. The highest BCUT2D eigenvalue weighted by Crippen LogP contribution is 2.27. The van der Waals surface area contributed by atoms with Crippen LogP contribution in [0.15, 0.2) is 6.33 Å². The van der Waals surface area contributed by atoms with E-state index in [0.29, 0.717) is 0 Å². The number of nitrogens with one attached hydrogen (secondary N) is 1. The lowest BCUT2D eigenvalue weighted by Crippen LogP contribution is -2.24. The first-order valence-corrected chi connectivity index (χ1v) is 7.28. The number of halogens is 1. The van der Waals surface area contributed by atoms with Gasteiger partial charge in [-0.25, -0.2) is 9.97 Å². The molecule has 18 heavy (non-hydrogen) atoms. The highest BCUT2D eigenvalue weighted by Gasteiger charge is 2.20. The zero-order valence-corrected chi connectivity index (χ0v) is 12.1.